The Bertz CT molecular complexity index is 381. The monoisotopic (exact) mass is 283 g/mol. The minimum absolute atomic E-state index is 0.144. The van der Waals surface area contributed by atoms with Gasteiger partial charge in [-0.1, -0.05) is 11.8 Å². The summed E-state index contributed by atoms with van der Waals surface area (Å²) in [6.45, 7) is -0.696. The number of rotatable bonds is 5. The molecule has 1 heterocycles. The van der Waals surface area contributed by atoms with E-state index in [0.29, 0.717) is 5.16 Å². The summed E-state index contributed by atoms with van der Waals surface area (Å²) < 4.78 is 36.3. The predicted molar refractivity (Wildman–Crippen MR) is 62.2 cm³/mol. The number of anilines is 2. The van der Waals surface area contributed by atoms with Crippen molar-refractivity contribution in [1.29, 1.82) is 0 Å². The minimum atomic E-state index is -4.67. The molecule has 0 aliphatic carbocycles. The number of thioether (sulfide) groups is 1. The maximum atomic E-state index is 12.1. The van der Waals surface area contributed by atoms with Crippen molar-refractivity contribution in [3.05, 3.63) is 6.07 Å². The van der Waals surface area contributed by atoms with Crippen LogP contribution in [0, 0.1) is 0 Å². The van der Waals surface area contributed by atoms with Gasteiger partial charge >= 0.3 is 6.18 Å². The lowest BCUT2D eigenvalue weighted by Gasteiger charge is -2.15. The third-order valence-corrected chi connectivity index (χ3v) is 2.44. The zero-order valence-electron chi connectivity index (χ0n) is 9.32. The van der Waals surface area contributed by atoms with E-state index in [9.17, 15) is 13.2 Å². The zero-order chi connectivity index (χ0) is 13.8. The second-order valence-electron chi connectivity index (χ2n) is 3.21. The van der Waals surface area contributed by atoms with Gasteiger partial charge in [0.15, 0.2) is 11.3 Å². The van der Waals surface area contributed by atoms with Crippen LogP contribution >= 0.6 is 11.8 Å². The largest absolute Gasteiger partial charge is 0.416 e. The van der Waals surface area contributed by atoms with Crippen LogP contribution in [-0.2, 0) is 0 Å². The van der Waals surface area contributed by atoms with Crippen LogP contribution in [0.2, 0.25) is 0 Å². The number of aliphatic hydroxyl groups excluding tert-OH is 1. The summed E-state index contributed by atoms with van der Waals surface area (Å²) in [5.41, 5.74) is 2.27. The smallest absolute Gasteiger partial charge is 0.382 e. The van der Waals surface area contributed by atoms with Crippen LogP contribution in [0.5, 0.6) is 0 Å². The van der Waals surface area contributed by atoms with Gasteiger partial charge in [0.05, 0.1) is 6.54 Å². The van der Waals surface area contributed by atoms with E-state index in [1.54, 1.807) is 6.26 Å². The maximum absolute atomic E-state index is 12.1. The van der Waals surface area contributed by atoms with E-state index in [-0.39, 0.29) is 11.6 Å². The first kappa shape index (κ1) is 14.8. The standard InChI is InChI=1S/C8H12F3N5OS/c1-18-7-14-5(2-6(15-7)16-12)13-3-4(17)8(9,10)11/h2,4,17H,3,12H2,1H3,(H2,13,14,15,16). The van der Waals surface area contributed by atoms with Crippen molar-refractivity contribution >= 4 is 23.4 Å². The lowest BCUT2D eigenvalue weighted by atomic mass is 10.3. The van der Waals surface area contributed by atoms with Gasteiger partial charge in [-0.25, -0.2) is 15.8 Å². The van der Waals surface area contributed by atoms with E-state index in [1.165, 1.54) is 17.8 Å². The molecule has 5 N–H and O–H groups in total. The first-order valence-corrected chi connectivity index (χ1v) is 5.97. The number of halogens is 3. The molecule has 0 radical (unpaired) electrons. The van der Waals surface area contributed by atoms with Gasteiger partial charge in [0, 0.05) is 6.07 Å². The molecule has 0 bridgehead atoms. The molecule has 0 saturated carbocycles. The normalized spacial score (nSPS) is 13.2. The first-order chi connectivity index (χ1) is 8.36. The highest BCUT2D eigenvalue weighted by Crippen LogP contribution is 2.21. The minimum Gasteiger partial charge on any atom is -0.382 e. The molecule has 0 saturated heterocycles. The van der Waals surface area contributed by atoms with Gasteiger partial charge in [-0.15, -0.1) is 0 Å². The van der Waals surface area contributed by atoms with Gasteiger partial charge < -0.3 is 15.8 Å². The molecular weight excluding hydrogens is 271 g/mol. The molecule has 0 amide bonds. The van der Waals surface area contributed by atoms with Crippen LogP contribution in [0.15, 0.2) is 11.2 Å². The Hall–Kier alpha value is -1.26. The Balaban J connectivity index is 2.72. The van der Waals surface area contributed by atoms with Gasteiger partial charge in [-0.2, -0.15) is 13.2 Å². The van der Waals surface area contributed by atoms with Crippen LogP contribution in [-0.4, -0.2) is 40.2 Å². The summed E-state index contributed by atoms with van der Waals surface area (Å²) in [4.78, 5) is 7.86. The van der Waals surface area contributed by atoms with Crippen molar-refractivity contribution in [3.8, 4) is 0 Å². The van der Waals surface area contributed by atoms with Crippen molar-refractivity contribution in [3.63, 3.8) is 0 Å². The summed E-state index contributed by atoms with van der Waals surface area (Å²) in [5, 5.41) is 11.5. The molecular formula is C8H12F3N5OS. The van der Waals surface area contributed by atoms with Crippen molar-refractivity contribution < 1.29 is 18.3 Å². The number of aromatic nitrogens is 2. The van der Waals surface area contributed by atoms with Crippen LogP contribution in [0.1, 0.15) is 0 Å². The molecule has 6 nitrogen and oxygen atoms in total. The van der Waals surface area contributed by atoms with E-state index in [0.717, 1.165) is 0 Å². The third-order valence-electron chi connectivity index (χ3n) is 1.89. The maximum Gasteiger partial charge on any atom is 0.416 e. The fourth-order valence-corrected chi connectivity index (χ4v) is 1.38. The Labute approximate surface area is 105 Å². The number of aliphatic hydroxyl groups is 1. The van der Waals surface area contributed by atoms with Gasteiger partial charge in [0.1, 0.15) is 11.6 Å². The lowest BCUT2D eigenvalue weighted by molar-refractivity contribution is -0.198. The number of hydrazine groups is 1. The van der Waals surface area contributed by atoms with E-state index < -0.39 is 18.8 Å². The molecule has 1 rings (SSSR count). The number of hydrogen-bond donors (Lipinski definition) is 4. The summed E-state index contributed by atoms with van der Waals surface area (Å²) >= 11 is 1.21. The molecule has 102 valence electrons. The van der Waals surface area contributed by atoms with E-state index in [2.05, 4.69) is 20.7 Å². The van der Waals surface area contributed by atoms with Crippen molar-refractivity contribution in [2.45, 2.75) is 17.4 Å². The number of nitrogens with two attached hydrogens (primary N) is 1. The summed E-state index contributed by atoms with van der Waals surface area (Å²) in [7, 11) is 0. The molecule has 0 aliphatic rings. The van der Waals surface area contributed by atoms with E-state index in [1.807, 2.05) is 0 Å². The molecule has 1 aromatic rings. The highest BCUT2D eigenvalue weighted by Gasteiger charge is 2.37. The Morgan fingerprint density at radius 2 is 2.06 bits per heavy atom. The van der Waals surface area contributed by atoms with Gasteiger partial charge in [-0.3, -0.25) is 0 Å². The third kappa shape index (κ3) is 4.20. The lowest BCUT2D eigenvalue weighted by Crippen LogP contribution is -2.35. The fourth-order valence-electron chi connectivity index (χ4n) is 0.998. The van der Waals surface area contributed by atoms with Crippen LogP contribution in [0.25, 0.3) is 0 Å². The van der Waals surface area contributed by atoms with Gasteiger partial charge in [-0.05, 0) is 6.26 Å². The molecule has 0 spiro atoms. The molecule has 0 aromatic carbocycles. The number of nitrogens with one attached hydrogen (secondary N) is 2. The summed E-state index contributed by atoms with van der Waals surface area (Å²) in [6, 6.07) is 1.34. The predicted octanol–water partition coefficient (Wildman–Crippen LogP) is 0.819. The highest BCUT2D eigenvalue weighted by atomic mass is 32.2. The van der Waals surface area contributed by atoms with Gasteiger partial charge in [0.2, 0.25) is 0 Å². The Kier molecular flexibility index (Phi) is 4.99. The number of alkyl halides is 3. The molecule has 1 atom stereocenters. The summed E-state index contributed by atoms with van der Waals surface area (Å²) in [6.07, 6.45) is -5.42. The van der Waals surface area contributed by atoms with Crippen molar-refractivity contribution in [1.82, 2.24) is 9.97 Å². The quantitative estimate of drug-likeness (QED) is 0.275. The molecule has 0 fully saturated rings. The molecule has 0 aliphatic heterocycles. The molecule has 18 heavy (non-hydrogen) atoms. The topological polar surface area (TPSA) is 96.1 Å². The number of nitrogens with zero attached hydrogens (tertiary/aromatic N) is 2. The molecule has 10 heteroatoms. The second kappa shape index (κ2) is 6.07. The van der Waals surface area contributed by atoms with Gasteiger partial charge in [0.25, 0.3) is 0 Å². The average Bonchev–Trinajstić information content (AvgIpc) is 2.34. The van der Waals surface area contributed by atoms with Crippen molar-refractivity contribution in [2.24, 2.45) is 5.84 Å². The van der Waals surface area contributed by atoms with Crippen molar-refractivity contribution in [2.75, 3.05) is 23.5 Å². The van der Waals surface area contributed by atoms with Crippen LogP contribution in [0.4, 0.5) is 24.8 Å². The molecule has 1 unspecified atom stereocenters. The molecule has 1 aromatic heterocycles. The van der Waals surface area contributed by atoms with E-state index >= 15 is 0 Å². The Morgan fingerprint density at radius 1 is 1.44 bits per heavy atom. The van der Waals surface area contributed by atoms with Crippen LogP contribution < -0.4 is 16.6 Å². The average molecular weight is 283 g/mol. The fraction of sp³-hybridized carbons (Fsp3) is 0.500. The number of hydrogen-bond acceptors (Lipinski definition) is 7. The number of nitrogen functional groups attached to an aromatic ring is 1. The first-order valence-electron chi connectivity index (χ1n) is 4.75. The Morgan fingerprint density at radius 3 is 2.56 bits per heavy atom. The highest BCUT2D eigenvalue weighted by molar-refractivity contribution is 7.98. The zero-order valence-corrected chi connectivity index (χ0v) is 10.1. The SMILES string of the molecule is CSc1nc(NN)cc(NCC(O)C(F)(F)F)n1. The second-order valence-corrected chi connectivity index (χ2v) is 3.98. The summed E-state index contributed by atoms with van der Waals surface area (Å²) in [5.74, 6) is 5.57. The van der Waals surface area contributed by atoms with E-state index in [4.69, 9.17) is 10.9 Å². The van der Waals surface area contributed by atoms with Crippen LogP contribution in [0.3, 0.4) is 0 Å².